The van der Waals surface area contributed by atoms with Crippen LogP contribution in [0.25, 0.3) is 0 Å². The summed E-state index contributed by atoms with van der Waals surface area (Å²) in [5.41, 5.74) is 3.21. The largest absolute Gasteiger partial charge is 0.379 e. The third-order valence-corrected chi connectivity index (χ3v) is 3.10. The fourth-order valence-electron chi connectivity index (χ4n) is 1.76. The lowest BCUT2D eigenvalue weighted by Crippen LogP contribution is -2.05. The summed E-state index contributed by atoms with van der Waals surface area (Å²) in [5.74, 6) is -0.298. The Morgan fingerprint density at radius 2 is 2.00 bits per heavy atom. The summed E-state index contributed by atoms with van der Waals surface area (Å²) in [6.45, 7) is 4.19. The molecule has 0 aliphatic rings. The Labute approximate surface area is 111 Å². The van der Waals surface area contributed by atoms with Gasteiger partial charge in [-0.05, 0) is 38.1 Å². The highest BCUT2D eigenvalue weighted by molar-refractivity contribution is 6.31. The Morgan fingerprint density at radius 3 is 2.67 bits per heavy atom. The minimum absolute atomic E-state index is 0.298. The molecule has 0 saturated carbocycles. The van der Waals surface area contributed by atoms with Crippen LogP contribution in [0.2, 0.25) is 5.02 Å². The molecule has 2 aromatic rings. The van der Waals surface area contributed by atoms with E-state index in [1.165, 1.54) is 6.07 Å². The lowest BCUT2D eigenvalue weighted by molar-refractivity contribution is 0.613. The fraction of sp³-hybridized carbons (Fsp3) is 0.214. The van der Waals surface area contributed by atoms with Gasteiger partial charge in [-0.15, -0.1) is 0 Å². The van der Waals surface area contributed by atoms with Crippen LogP contribution in [0.4, 0.5) is 10.1 Å². The van der Waals surface area contributed by atoms with E-state index in [1.54, 1.807) is 12.1 Å². The molecule has 1 aromatic carbocycles. The number of hydrogen-bond donors (Lipinski definition) is 1. The smallest absolute Gasteiger partial charge is 0.129 e. The van der Waals surface area contributed by atoms with Crippen molar-refractivity contribution < 1.29 is 4.39 Å². The SMILES string of the molecule is Cc1ccc(NCc2c(F)cccc2Cl)c(C)n1. The highest BCUT2D eigenvalue weighted by Crippen LogP contribution is 2.21. The first kappa shape index (κ1) is 12.8. The van der Waals surface area contributed by atoms with Crippen LogP contribution in [0.15, 0.2) is 30.3 Å². The van der Waals surface area contributed by atoms with Gasteiger partial charge in [0, 0.05) is 22.8 Å². The minimum Gasteiger partial charge on any atom is -0.379 e. The van der Waals surface area contributed by atoms with Gasteiger partial charge in [0.1, 0.15) is 5.82 Å². The number of hydrogen-bond acceptors (Lipinski definition) is 2. The van der Waals surface area contributed by atoms with Crippen LogP contribution in [0.1, 0.15) is 17.0 Å². The number of rotatable bonds is 3. The fourth-order valence-corrected chi connectivity index (χ4v) is 1.99. The van der Waals surface area contributed by atoms with Gasteiger partial charge in [0.2, 0.25) is 0 Å². The molecule has 1 N–H and O–H groups in total. The van der Waals surface area contributed by atoms with Crippen LogP contribution in [-0.2, 0) is 6.54 Å². The molecule has 0 amide bonds. The summed E-state index contributed by atoms with van der Waals surface area (Å²) >= 11 is 5.97. The summed E-state index contributed by atoms with van der Waals surface area (Å²) in [6.07, 6.45) is 0. The van der Waals surface area contributed by atoms with E-state index in [0.717, 1.165) is 17.1 Å². The Balaban J connectivity index is 2.16. The standard InChI is InChI=1S/C14H14ClFN2/c1-9-6-7-14(10(2)18-9)17-8-11-12(15)4-3-5-13(11)16/h3-7,17H,8H2,1-2H3. The lowest BCUT2D eigenvalue weighted by Gasteiger charge is -2.11. The molecule has 0 fully saturated rings. The van der Waals surface area contributed by atoms with E-state index >= 15 is 0 Å². The molecule has 2 rings (SSSR count). The molecule has 0 bridgehead atoms. The molecule has 1 aromatic heterocycles. The van der Waals surface area contributed by atoms with Gasteiger partial charge in [-0.1, -0.05) is 17.7 Å². The Bertz CT molecular complexity index is 549. The van der Waals surface area contributed by atoms with Gasteiger partial charge in [0.05, 0.1) is 11.4 Å². The van der Waals surface area contributed by atoms with E-state index in [2.05, 4.69) is 10.3 Å². The van der Waals surface area contributed by atoms with E-state index in [-0.39, 0.29) is 5.82 Å². The highest BCUT2D eigenvalue weighted by Gasteiger charge is 2.07. The van der Waals surface area contributed by atoms with Gasteiger partial charge in [-0.3, -0.25) is 4.98 Å². The maximum atomic E-state index is 13.6. The van der Waals surface area contributed by atoms with E-state index in [9.17, 15) is 4.39 Å². The Hall–Kier alpha value is -1.61. The van der Waals surface area contributed by atoms with Crippen LogP contribution < -0.4 is 5.32 Å². The highest BCUT2D eigenvalue weighted by atomic mass is 35.5. The minimum atomic E-state index is -0.298. The molecular weight excluding hydrogens is 251 g/mol. The average molecular weight is 265 g/mol. The van der Waals surface area contributed by atoms with Gasteiger partial charge in [0.25, 0.3) is 0 Å². The number of aryl methyl sites for hydroxylation is 2. The predicted molar refractivity (Wildman–Crippen MR) is 72.4 cm³/mol. The van der Waals surface area contributed by atoms with Gasteiger partial charge in [0.15, 0.2) is 0 Å². The Morgan fingerprint density at radius 1 is 1.22 bits per heavy atom. The monoisotopic (exact) mass is 264 g/mol. The van der Waals surface area contributed by atoms with Crippen LogP contribution in [0.3, 0.4) is 0 Å². The quantitative estimate of drug-likeness (QED) is 0.903. The number of pyridine rings is 1. The molecule has 94 valence electrons. The summed E-state index contributed by atoms with van der Waals surface area (Å²) in [6, 6.07) is 8.54. The van der Waals surface area contributed by atoms with E-state index in [0.29, 0.717) is 17.1 Å². The normalized spacial score (nSPS) is 10.4. The first-order chi connectivity index (χ1) is 8.58. The maximum absolute atomic E-state index is 13.6. The summed E-state index contributed by atoms with van der Waals surface area (Å²) in [7, 11) is 0. The number of nitrogens with one attached hydrogen (secondary N) is 1. The Kier molecular flexibility index (Phi) is 3.82. The zero-order chi connectivity index (χ0) is 13.1. The molecule has 18 heavy (non-hydrogen) atoms. The molecule has 0 atom stereocenters. The van der Waals surface area contributed by atoms with Gasteiger partial charge < -0.3 is 5.32 Å². The molecule has 0 spiro atoms. The van der Waals surface area contributed by atoms with Crippen LogP contribution in [-0.4, -0.2) is 4.98 Å². The van der Waals surface area contributed by atoms with Crippen molar-refractivity contribution in [2.75, 3.05) is 5.32 Å². The van der Waals surface area contributed by atoms with E-state index in [4.69, 9.17) is 11.6 Å². The van der Waals surface area contributed by atoms with Crippen molar-refractivity contribution in [1.82, 2.24) is 4.98 Å². The van der Waals surface area contributed by atoms with Crippen molar-refractivity contribution in [3.63, 3.8) is 0 Å². The second kappa shape index (κ2) is 5.36. The number of aromatic nitrogens is 1. The first-order valence-corrected chi connectivity index (χ1v) is 6.06. The van der Waals surface area contributed by atoms with Gasteiger partial charge in [-0.2, -0.15) is 0 Å². The number of anilines is 1. The third-order valence-electron chi connectivity index (χ3n) is 2.74. The summed E-state index contributed by atoms with van der Waals surface area (Å²) < 4.78 is 13.6. The number of benzene rings is 1. The number of halogens is 2. The average Bonchev–Trinajstić information content (AvgIpc) is 2.31. The van der Waals surface area contributed by atoms with Crippen LogP contribution >= 0.6 is 11.6 Å². The third kappa shape index (κ3) is 2.79. The molecule has 0 aliphatic carbocycles. The molecule has 1 heterocycles. The van der Waals surface area contributed by atoms with Crippen molar-refractivity contribution in [3.8, 4) is 0 Å². The first-order valence-electron chi connectivity index (χ1n) is 5.69. The molecule has 4 heteroatoms. The van der Waals surface area contributed by atoms with Gasteiger partial charge in [-0.25, -0.2) is 4.39 Å². The van der Waals surface area contributed by atoms with E-state index < -0.39 is 0 Å². The maximum Gasteiger partial charge on any atom is 0.129 e. The molecule has 2 nitrogen and oxygen atoms in total. The second-order valence-electron chi connectivity index (χ2n) is 4.14. The van der Waals surface area contributed by atoms with E-state index in [1.807, 2.05) is 26.0 Å². The topological polar surface area (TPSA) is 24.9 Å². The van der Waals surface area contributed by atoms with Crippen LogP contribution in [0.5, 0.6) is 0 Å². The molecule has 0 aliphatic heterocycles. The van der Waals surface area contributed by atoms with Crippen molar-refractivity contribution in [2.45, 2.75) is 20.4 Å². The zero-order valence-electron chi connectivity index (χ0n) is 10.3. The van der Waals surface area contributed by atoms with Crippen molar-refractivity contribution in [1.29, 1.82) is 0 Å². The molecular formula is C14H14ClFN2. The van der Waals surface area contributed by atoms with Crippen molar-refractivity contribution in [2.24, 2.45) is 0 Å². The molecule has 0 saturated heterocycles. The van der Waals surface area contributed by atoms with Crippen molar-refractivity contribution >= 4 is 17.3 Å². The molecule has 0 unspecified atom stereocenters. The summed E-state index contributed by atoms with van der Waals surface area (Å²) in [4.78, 5) is 4.34. The van der Waals surface area contributed by atoms with Crippen molar-refractivity contribution in [3.05, 3.63) is 58.1 Å². The summed E-state index contributed by atoms with van der Waals surface area (Å²) in [5, 5.41) is 3.58. The lowest BCUT2D eigenvalue weighted by atomic mass is 10.2. The number of nitrogens with zero attached hydrogens (tertiary/aromatic N) is 1. The molecule has 0 radical (unpaired) electrons. The zero-order valence-corrected chi connectivity index (χ0v) is 11.1. The van der Waals surface area contributed by atoms with Gasteiger partial charge >= 0.3 is 0 Å². The second-order valence-corrected chi connectivity index (χ2v) is 4.55. The van der Waals surface area contributed by atoms with Crippen LogP contribution in [0, 0.1) is 19.7 Å². The predicted octanol–water partition coefficient (Wildman–Crippen LogP) is 4.10.